The van der Waals surface area contributed by atoms with Crippen LogP contribution in [0.25, 0.3) is 11.1 Å². The Kier molecular flexibility index (Phi) is 4.97. The second kappa shape index (κ2) is 6.94. The fourth-order valence-corrected chi connectivity index (χ4v) is 2.27. The summed E-state index contributed by atoms with van der Waals surface area (Å²) in [5.74, 6) is 0. The van der Waals surface area contributed by atoms with Crippen LogP contribution in [0.5, 0.6) is 0 Å². The van der Waals surface area contributed by atoms with E-state index in [9.17, 15) is 0 Å². The Balaban J connectivity index is 2.16. The van der Waals surface area contributed by atoms with Crippen LogP contribution in [-0.2, 0) is 6.42 Å². The molecule has 0 amide bonds. The molecule has 2 rings (SSSR count). The lowest BCUT2D eigenvalue weighted by atomic mass is 9.95. The SMILES string of the molecule is C=CCCCCc1ccc[c]c1-c1ccc(C)cc1. The molecule has 97 valence electrons. The molecule has 0 heteroatoms. The molecule has 0 aromatic heterocycles. The fourth-order valence-electron chi connectivity index (χ4n) is 2.27. The minimum absolute atomic E-state index is 1.11. The maximum atomic E-state index is 3.77. The first-order valence-corrected chi connectivity index (χ1v) is 6.99. The lowest BCUT2D eigenvalue weighted by Gasteiger charge is -2.09. The topological polar surface area (TPSA) is 0 Å². The molecule has 0 saturated heterocycles. The number of unbranched alkanes of at least 4 members (excludes halogenated alkanes) is 2. The van der Waals surface area contributed by atoms with Crippen LogP contribution in [0.4, 0.5) is 0 Å². The van der Waals surface area contributed by atoms with E-state index < -0.39 is 0 Å². The fraction of sp³-hybridized carbons (Fsp3) is 0.263. The van der Waals surface area contributed by atoms with Crippen LogP contribution >= 0.6 is 0 Å². The van der Waals surface area contributed by atoms with Gasteiger partial charge in [0.05, 0.1) is 0 Å². The van der Waals surface area contributed by atoms with Crippen molar-refractivity contribution in [1.29, 1.82) is 0 Å². The molecule has 2 aromatic carbocycles. The molecule has 0 aliphatic heterocycles. The molecule has 0 unspecified atom stereocenters. The van der Waals surface area contributed by atoms with E-state index in [0.29, 0.717) is 0 Å². The average molecular weight is 249 g/mol. The Morgan fingerprint density at radius 2 is 1.89 bits per heavy atom. The monoisotopic (exact) mass is 249 g/mol. The molecule has 0 atom stereocenters. The molecule has 0 aliphatic carbocycles. The summed E-state index contributed by atoms with van der Waals surface area (Å²) < 4.78 is 0. The van der Waals surface area contributed by atoms with E-state index in [-0.39, 0.29) is 0 Å². The molecule has 0 spiro atoms. The molecule has 0 aliphatic rings. The molecule has 1 radical (unpaired) electrons. The van der Waals surface area contributed by atoms with Crippen molar-refractivity contribution in [2.75, 3.05) is 0 Å². The smallest absolute Gasteiger partial charge is 0.00731 e. The van der Waals surface area contributed by atoms with Crippen molar-refractivity contribution >= 4 is 0 Å². The summed E-state index contributed by atoms with van der Waals surface area (Å²) in [7, 11) is 0. The van der Waals surface area contributed by atoms with Gasteiger partial charge in [-0.15, -0.1) is 6.58 Å². The first kappa shape index (κ1) is 13.6. The zero-order valence-electron chi connectivity index (χ0n) is 11.7. The summed E-state index contributed by atoms with van der Waals surface area (Å²) in [5.41, 5.74) is 5.22. The molecule has 0 nitrogen and oxygen atoms in total. The van der Waals surface area contributed by atoms with E-state index in [1.54, 1.807) is 0 Å². The van der Waals surface area contributed by atoms with Gasteiger partial charge in [-0.05, 0) is 55.4 Å². The Bertz CT molecular complexity index is 520. The summed E-state index contributed by atoms with van der Waals surface area (Å²) >= 11 is 0. The van der Waals surface area contributed by atoms with E-state index >= 15 is 0 Å². The van der Waals surface area contributed by atoms with Crippen LogP contribution in [0.1, 0.15) is 30.4 Å². The number of rotatable bonds is 6. The zero-order chi connectivity index (χ0) is 13.5. The highest BCUT2D eigenvalue weighted by molar-refractivity contribution is 5.66. The zero-order valence-corrected chi connectivity index (χ0v) is 11.7. The van der Waals surface area contributed by atoms with Crippen LogP contribution < -0.4 is 0 Å². The van der Waals surface area contributed by atoms with Gasteiger partial charge >= 0.3 is 0 Å². The van der Waals surface area contributed by atoms with E-state index in [4.69, 9.17) is 0 Å². The van der Waals surface area contributed by atoms with Gasteiger partial charge in [-0.3, -0.25) is 0 Å². The number of aryl methyl sites for hydroxylation is 2. The van der Waals surface area contributed by atoms with Gasteiger partial charge in [-0.1, -0.05) is 54.1 Å². The van der Waals surface area contributed by atoms with Crippen molar-refractivity contribution in [3.8, 4) is 11.1 Å². The summed E-state index contributed by atoms with van der Waals surface area (Å²) in [6.07, 6.45) is 6.65. The standard InChI is InChI=1S/C19H21/c1-3-4-5-6-9-17-10-7-8-11-19(17)18-14-12-16(2)13-15-18/h3,7-8,10,12-15H,1,4-6,9H2,2H3. The predicted molar refractivity (Wildman–Crippen MR) is 83.2 cm³/mol. The van der Waals surface area contributed by atoms with Gasteiger partial charge in [-0.25, -0.2) is 0 Å². The molecule has 0 saturated carbocycles. The van der Waals surface area contributed by atoms with Crippen molar-refractivity contribution in [3.63, 3.8) is 0 Å². The minimum atomic E-state index is 1.11. The van der Waals surface area contributed by atoms with Crippen LogP contribution in [-0.4, -0.2) is 0 Å². The Labute approximate surface area is 116 Å². The predicted octanol–water partition coefficient (Wildman–Crippen LogP) is 5.36. The summed E-state index contributed by atoms with van der Waals surface area (Å²) in [4.78, 5) is 0. The summed E-state index contributed by atoms with van der Waals surface area (Å²) in [6.45, 7) is 5.89. The van der Waals surface area contributed by atoms with Gasteiger partial charge in [-0.2, -0.15) is 0 Å². The molecule has 19 heavy (non-hydrogen) atoms. The van der Waals surface area contributed by atoms with Crippen molar-refractivity contribution in [2.24, 2.45) is 0 Å². The van der Waals surface area contributed by atoms with Crippen LogP contribution in [0, 0.1) is 13.0 Å². The van der Waals surface area contributed by atoms with Crippen molar-refractivity contribution < 1.29 is 0 Å². The second-order valence-corrected chi connectivity index (χ2v) is 4.97. The van der Waals surface area contributed by atoms with Gasteiger partial charge in [0.2, 0.25) is 0 Å². The normalized spacial score (nSPS) is 10.4. The Morgan fingerprint density at radius 1 is 1.11 bits per heavy atom. The largest absolute Gasteiger partial charge is 0.103 e. The Morgan fingerprint density at radius 3 is 2.63 bits per heavy atom. The van der Waals surface area contributed by atoms with Gasteiger partial charge < -0.3 is 0 Å². The number of hydrogen-bond acceptors (Lipinski definition) is 0. The molecule has 0 bridgehead atoms. The van der Waals surface area contributed by atoms with E-state index in [2.05, 4.69) is 56.0 Å². The lowest BCUT2D eigenvalue weighted by Crippen LogP contribution is -1.91. The first-order valence-electron chi connectivity index (χ1n) is 6.99. The van der Waals surface area contributed by atoms with Gasteiger partial charge in [0.1, 0.15) is 0 Å². The highest BCUT2D eigenvalue weighted by atomic mass is 14.1. The third-order valence-electron chi connectivity index (χ3n) is 3.39. The highest BCUT2D eigenvalue weighted by Gasteiger charge is 2.04. The van der Waals surface area contributed by atoms with Gasteiger partial charge in [0.25, 0.3) is 0 Å². The van der Waals surface area contributed by atoms with E-state index in [0.717, 1.165) is 12.8 Å². The number of allylic oxidation sites excluding steroid dienone is 1. The summed E-state index contributed by atoms with van der Waals surface area (Å²) in [6, 6.07) is 18.4. The van der Waals surface area contributed by atoms with E-state index in [1.807, 2.05) is 12.1 Å². The van der Waals surface area contributed by atoms with Crippen LogP contribution in [0.15, 0.2) is 55.1 Å². The lowest BCUT2D eigenvalue weighted by molar-refractivity contribution is 0.749. The van der Waals surface area contributed by atoms with Crippen molar-refractivity contribution in [2.45, 2.75) is 32.6 Å². The summed E-state index contributed by atoms with van der Waals surface area (Å²) in [5, 5.41) is 0. The molecular formula is C19H21. The van der Waals surface area contributed by atoms with Gasteiger partial charge in [0, 0.05) is 0 Å². The van der Waals surface area contributed by atoms with Gasteiger partial charge in [0.15, 0.2) is 0 Å². The molecule has 0 heterocycles. The first-order chi connectivity index (χ1) is 9.31. The quantitative estimate of drug-likeness (QED) is 0.477. The third kappa shape index (κ3) is 3.82. The number of benzene rings is 2. The van der Waals surface area contributed by atoms with Crippen LogP contribution in [0.3, 0.4) is 0 Å². The van der Waals surface area contributed by atoms with Crippen LogP contribution in [0.2, 0.25) is 0 Å². The highest BCUT2D eigenvalue weighted by Crippen LogP contribution is 2.25. The van der Waals surface area contributed by atoms with E-state index in [1.165, 1.54) is 35.1 Å². The molecule has 0 fully saturated rings. The molecule has 0 N–H and O–H groups in total. The molecular weight excluding hydrogens is 228 g/mol. The second-order valence-electron chi connectivity index (χ2n) is 4.97. The molecule has 2 aromatic rings. The Hall–Kier alpha value is -1.82. The maximum absolute atomic E-state index is 3.77. The average Bonchev–Trinajstić information content (AvgIpc) is 2.45. The maximum Gasteiger partial charge on any atom is -0.00731 e. The third-order valence-corrected chi connectivity index (χ3v) is 3.39. The van der Waals surface area contributed by atoms with Crippen molar-refractivity contribution in [3.05, 3.63) is 72.3 Å². The minimum Gasteiger partial charge on any atom is -0.103 e. The number of hydrogen-bond donors (Lipinski definition) is 0. The van der Waals surface area contributed by atoms with Crippen molar-refractivity contribution in [1.82, 2.24) is 0 Å².